The first-order valence-corrected chi connectivity index (χ1v) is 11.0. The van der Waals surface area contributed by atoms with Gasteiger partial charge >= 0.3 is 5.97 Å². The number of carbonyl (C=O) groups excluding carboxylic acids is 3. The molecule has 0 bridgehead atoms. The fourth-order valence-electron chi connectivity index (χ4n) is 6.25. The molecule has 0 aromatic carbocycles. The van der Waals surface area contributed by atoms with Gasteiger partial charge < -0.3 is 4.74 Å². The third-order valence-electron chi connectivity index (χ3n) is 8.04. The largest absolute Gasteiger partial charge is 0.457 e. The molecule has 0 radical (unpaired) electrons. The highest BCUT2D eigenvalue weighted by atomic mass is 16.5. The molecule has 4 rings (SSSR count). The lowest BCUT2D eigenvalue weighted by Gasteiger charge is -2.53. The van der Waals surface area contributed by atoms with E-state index in [-0.39, 0.29) is 40.9 Å². The summed E-state index contributed by atoms with van der Waals surface area (Å²) in [5.74, 6) is 0.546. The molecule has 0 unspecified atom stereocenters. The summed E-state index contributed by atoms with van der Waals surface area (Å²) in [6.45, 7) is 7.92. The number of esters is 1. The van der Waals surface area contributed by atoms with Gasteiger partial charge in [-0.25, -0.2) is 0 Å². The van der Waals surface area contributed by atoms with Crippen LogP contribution in [0, 0.1) is 28.6 Å². The molecule has 156 valence electrons. The molecule has 0 saturated heterocycles. The smallest absolute Gasteiger partial charge is 0.308 e. The molecule has 29 heavy (non-hydrogen) atoms. The van der Waals surface area contributed by atoms with Crippen molar-refractivity contribution in [1.82, 2.24) is 0 Å². The summed E-state index contributed by atoms with van der Waals surface area (Å²) >= 11 is 0. The van der Waals surface area contributed by atoms with Crippen LogP contribution in [0.4, 0.5) is 0 Å². The zero-order valence-corrected chi connectivity index (χ0v) is 18.0. The molecule has 1 saturated carbocycles. The van der Waals surface area contributed by atoms with Gasteiger partial charge in [-0.05, 0) is 50.0 Å². The molecule has 0 amide bonds. The Hall–Kier alpha value is -1.97. The number of carbonyl (C=O) groups is 3. The van der Waals surface area contributed by atoms with E-state index in [1.54, 1.807) is 13.8 Å². The van der Waals surface area contributed by atoms with E-state index in [1.165, 1.54) is 11.1 Å². The summed E-state index contributed by atoms with van der Waals surface area (Å²) in [7, 11) is 0. The first kappa shape index (κ1) is 20.3. The zero-order valence-electron chi connectivity index (χ0n) is 18.0. The number of allylic oxidation sites excluding steroid dienone is 5. The summed E-state index contributed by atoms with van der Waals surface area (Å²) in [5.41, 5.74) is 3.48. The average molecular weight is 397 g/mol. The van der Waals surface area contributed by atoms with E-state index >= 15 is 0 Å². The molecule has 0 aliphatic heterocycles. The van der Waals surface area contributed by atoms with Gasteiger partial charge in [-0.15, -0.1) is 0 Å². The Morgan fingerprint density at radius 3 is 2.69 bits per heavy atom. The van der Waals surface area contributed by atoms with E-state index in [4.69, 9.17) is 4.74 Å². The van der Waals surface area contributed by atoms with E-state index in [0.717, 1.165) is 37.7 Å². The maximum atomic E-state index is 12.9. The van der Waals surface area contributed by atoms with Gasteiger partial charge in [0.05, 0.1) is 5.92 Å². The van der Waals surface area contributed by atoms with Gasteiger partial charge in [0.15, 0.2) is 18.2 Å². The van der Waals surface area contributed by atoms with Crippen LogP contribution in [0.3, 0.4) is 0 Å². The number of rotatable bonds is 4. The molecular formula is C25H32O4. The van der Waals surface area contributed by atoms with E-state index < -0.39 is 0 Å². The Labute approximate surface area is 173 Å². The summed E-state index contributed by atoms with van der Waals surface area (Å²) in [6, 6.07) is 0. The minimum atomic E-state index is -0.323. The normalized spacial score (nSPS) is 35.8. The topological polar surface area (TPSA) is 60.4 Å². The third kappa shape index (κ3) is 3.15. The van der Waals surface area contributed by atoms with Crippen LogP contribution < -0.4 is 0 Å². The van der Waals surface area contributed by atoms with Gasteiger partial charge in [0.1, 0.15) is 0 Å². The van der Waals surface area contributed by atoms with E-state index in [0.29, 0.717) is 18.3 Å². The van der Waals surface area contributed by atoms with Crippen molar-refractivity contribution in [2.75, 3.05) is 6.61 Å². The van der Waals surface area contributed by atoms with Gasteiger partial charge in [0.25, 0.3) is 0 Å². The van der Waals surface area contributed by atoms with Crippen molar-refractivity contribution >= 4 is 17.5 Å². The minimum Gasteiger partial charge on any atom is -0.457 e. The molecule has 0 aromatic heterocycles. The second-order valence-electron chi connectivity index (χ2n) is 10.0. The van der Waals surface area contributed by atoms with Crippen molar-refractivity contribution in [2.24, 2.45) is 28.6 Å². The van der Waals surface area contributed by atoms with Crippen molar-refractivity contribution in [2.45, 2.75) is 66.2 Å². The summed E-state index contributed by atoms with van der Waals surface area (Å²) in [4.78, 5) is 36.6. The van der Waals surface area contributed by atoms with Crippen LogP contribution in [0.2, 0.25) is 0 Å². The molecule has 4 nitrogen and oxygen atoms in total. The maximum Gasteiger partial charge on any atom is 0.308 e. The highest BCUT2D eigenvalue weighted by Crippen LogP contribution is 2.63. The Balaban J connectivity index is 1.56. The minimum absolute atomic E-state index is 0.0116. The number of hydrogen-bond donors (Lipinski definition) is 0. The van der Waals surface area contributed by atoms with Crippen molar-refractivity contribution in [1.29, 1.82) is 0 Å². The van der Waals surface area contributed by atoms with Crippen LogP contribution in [0.25, 0.3) is 0 Å². The number of ketones is 2. The number of Topliss-reactive ketones (excluding diaryl/α,β-unsaturated/α-hetero) is 1. The summed E-state index contributed by atoms with van der Waals surface area (Å²) < 4.78 is 5.22. The van der Waals surface area contributed by atoms with Gasteiger partial charge in [-0.3, -0.25) is 14.4 Å². The second-order valence-corrected chi connectivity index (χ2v) is 10.0. The summed E-state index contributed by atoms with van der Waals surface area (Å²) in [5, 5.41) is 0. The third-order valence-corrected chi connectivity index (χ3v) is 8.04. The van der Waals surface area contributed by atoms with E-state index in [1.807, 2.05) is 6.08 Å². The standard InChI is InChI=1S/C25H32O4/c1-15(2)23(28)29-14-22(27)21-8-7-19-18-6-5-16-13-17(26)9-11-24(16,3)20(18)10-12-25(19,21)4/h8,10,13,15,18-19H,5-7,9,11-12,14H2,1-4H3/t18-,19-,24-,25-/m0/s1. The molecular weight excluding hydrogens is 364 g/mol. The van der Waals surface area contributed by atoms with Gasteiger partial charge in [0, 0.05) is 22.8 Å². The highest BCUT2D eigenvalue weighted by Gasteiger charge is 2.54. The zero-order chi connectivity index (χ0) is 21.0. The van der Waals surface area contributed by atoms with E-state index in [9.17, 15) is 14.4 Å². The van der Waals surface area contributed by atoms with Crippen LogP contribution in [-0.2, 0) is 19.1 Å². The Morgan fingerprint density at radius 1 is 1.21 bits per heavy atom. The molecule has 0 spiro atoms. The van der Waals surface area contributed by atoms with Crippen molar-refractivity contribution in [3.8, 4) is 0 Å². The quantitative estimate of drug-likeness (QED) is 0.508. The van der Waals surface area contributed by atoms with Crippen molar-refractivity contribution < 1.29 is 19.1 Å². The van der Waals surface area contributed by atoms with Crippen LogP contribution in [0.1, 0.15) is 66.2 Å². The monoisotopic (exact) mass is 396 g/mol. The molecule has 0 N–H and O–H groups in total. The van der Waals surface area contributed by atoms with Crippen molar-refractivity contribution in [3.63, 3.8) is 0 Å². The van der Waals surface area contributed by atoms with Gasteiger partial charge in [0.2, 0.25) is 0 Å². The highest BCUT2D eigenvalue weighted by molar-refractivity contribution is 5.99. The van der Waals surface area contributed by atoms with Crippen LogP contribution in [0.15, 0.2) is 34.9 Å². The predicted octanol–water partition coefficient (Wildman–Crippen LogP) is 4.74. The Morgan fingerprint density at radius 2 is 1.97 bits per heavy atom. The molecule has 4 aliphatic carbocycles. The lowest BCUT2D eigenvalue weighted by atomic mass is 9.51. The molecule has 0 aromatic rings. The molecule has 4 heteroatoms. The molecule has 4 aliphatic rings. The van der Waals surface area contributed by atoms with Gasteiger partial charge in [-0.2, -0.15) is 0 Å². The average Bonchev–Trinajstić information content (AvgIpc) is 3.03. The second kappa shape index (κ2) is 7.07. The molecule has 4 atom stereocenters. The van der Waals surface area contributed by atoms with E-state index in [2.05, 4.69) is 26.0 Å². The fraction of sp³-hybridized carbons (Fsp3) is 0.640. The first-order valence-electron chi connectivity index (χ1n) is 11.0. The predicted molar refractivity (Wildman–Crippen MR) is 111 cm³/mol. The van der Waals surface area contributed by atoms with Crippen LogP contribution in [-0.4, -0.2) is 24.1 Å². The summed E-state index contributed by atoms with van der Waals surface area (Å²) in [6.07, 6.45) is 11.7. The maximum absolute atomic E-state index is 12.9. The number of hydrogen-bond acceptors (Lipinski definition) is 4. The molecule has 0 heterocycles. The SMILES string of the molecule is CC(C)C(=O)OCC(=O)C1=CC[C@H]2[C@@H]3CCC4=CC(=O)CC[C@]4(C)C3=CC[C@]12C. The van der Waals surface area contributed by atoms with Crippen LogP contribution >= 0.6 is 0 Å². The first-order chi connectivity index (χ1) is 13.7. The fourth-order valence-corrected chi connectivity index (χ4v) is 6.25. The Kier molecular flexibility index (Phi) is 4.95. The number of ether oxygens (including phenoxy) is 1. The van der Waals surface area contributed by atoms with Gasteiger partial charge in [-0.1, -0.05) is 51.0 Å². The Bertz CT molecular complexity index is 858. The lowest BCUT2D eigenvalue weighted by Crippen LogP contribution is -2.44. The lowest BCUT2D eigenvalue weighted by molar-refractivity contribution is -0.150. The number of fused-ring (bicyclic) bond motifs is 5. The molecule has 1 fully saturated rings. The van der Waals surface area contributed by atoms with Crippen molar-refractivity contribution in [3.05, 3.63) is 34.9 Å². The van der Waals surface area contributed by atoms with Crippen LogP contribution in [0.5, 0.6) is 0 Å².